The molecule has 41 heavy (non-hydrogen) atoms. The highest BCUT2D eigenvalue weighted by atomic mass is 32.2. The van der Waals surface area contributed by atoms with Crippen LogP contribution in [0.3, 0.4) is 0 Å². The summed E-state index contributed by atoms with van der Waals surface area (Å²) >= 11 is 1.63. The van der Waals surface area contributed by atoms with E-state index in [4.69, 9.17) is 4.74 Å². The number of benzene rings is 1. The Labute approximate surface area is 249 Å². The maximum Gasteiger partial charge on any atom is 0.310 e. The van der Waals surface area contributed by atoms with Crippen LogP contribution in [0.25, 0.3) is 0 Å². The lowest BCUT2D eigenvalue weighted by atomic mass is 9.66. The van der Waals surface area contributed by atoms with Crippen molar-refractivity contribution in [2.24, 2.45) is 23.7 Å². The molecule has 2 bridgehead atoms. The number of thioether (sulfide) groups is 1. The first-order valence-corrected chi connectivity index (χ1v) is 16.1. The molecule has 8 nitrogen and oxygen atoms in total. The zero-order valence-corrected chi connectivity index (χ0v) is 26.2. The molecule has 3 heterocycles. The Balaban J connectivity index is 1.83. The third-order valence-corrected chi connectivity index (χ3v) is 11.8. The number of fused-ring (bicyclic) bond motifs is 1. The fourth-order valence-electron chi connectivity index (χ4n) is 7.45. The average molecular weight is 586 g/mol. The minimum atomic E-state index is -0.821. The minimum absolute atomic E-state index is 0.0305. The van der Waals surface area contributed by atoms with Gasteiger partial charge < -0.3 is 24.5 Å². The Kier molecular flexibility index (Phi) is 9.79. The quantitative estimate of drug-likeness (QED) is 0.272. The number of hydrogen-bond acceptors (Lipinski definition) is 7. The van der Waals surface area contributed by atoms with Crippen molar-refractivity contribution in [1.82, 2.24) is 4.90 Å². The number of amides is 2. The smallest absolute Gasteiger partial charge is 0.310 e. The van der Waals surface area contributed by atoms with Crippen LogP contribution in [0, 0.1) is 23.7 Å². The standard InChI is InChI=1S/C32H47N3O5S/c1-8-17-34(23-15-13-22(14-16-23)33(10-3)11-4)30(38)28-32-21(7)18-25(41-32)26(31(39)40-12-5)27(32)29(37)35(28)24(19-36)20(6)9-2/h8,13-16,20-21,24-28,36H,1,9-12,17-19H2,2-7H3/t20-,21?,24-,25-,26+,27-,28?,32?/m0/s1. The third-order valence-electron chi connectivity index (χ3n) is 9.69. The van der Waals surface area contributed by atoms with Gasteiger partial charge in [0, 0.05) is 36.3 Å². The Bertz CT molecular complexity index is 1120. The molecule has 1 spiro atoms. The van der Waals surface area contributed by atoms with E-state index in [1.54, 1.807) is 34.6 Å². The van der Waals surface area contributed by atoms with Crippen molar-refractivity contribution in [3.63, 3.8) is 0 Å². The van der Waals surface area contributed by atoms with Gasteiger partial charge in [0.15, 0.2) is 0 Å². The number of aliphatic hydroxyl groups excluding tert-OH is 1. The first-order chi connectivity index (χ1) is 19.7. The van der Waals surface area contributed by atoms with Gasteiger partial charge in [-0.25, -0.2) is 0 Å². The number of anilines is 2. The molecule has 4 rings (SSSR count). The zero-order valence-electron chi connectivity index (χ0n) is 25.4. The van der Waals surface area contributed by atoms with Crippen LogP contribution in [-0.2, 0) is 19.1 Å². The van der Waals surface area contributed by atoms with E-state index >= 15 is 0 Å². The Morgan fingerprint density at radius 3 is 2.37 bits per heavy atom. The van der Waals surface area contributed by atoms with E-state index in [0.717, 1.165) is 37.3 Å². The van der Waals surface area contributed by atoms with Crippen LogP contribution in [-0.4, -0.2) is 82.7 Å². The number of carbonyl (C=O) groups excluding carboxylic acids is 3. The molecule has 1 aromatic rings. The summed E-state index contributed by atoms with van der Waals surface area (Å²) in [5.41, 5.74) is 1.81. The fraction of sp³-hybridized carbons (Fsp3) is 0.656. The van der Waals surface area contributed by atoms with Crippen molar-refractivity contribution < 1.29 is 24.2 Å². The van der Waals surface area contributed by atoms with Gasteiger partial charge in [0.25, 0.3) is 5.91 Å². The Morgan fingerprint density at radius 1 is 1.20 bits per heavy atom. The first kappa shape index (κ1) is 31.4. The van der Waals surface area contributed by atoms with Crippen molar-refractivity contribution in [1.29, 1.82) is 0 Å². The van der Waals surface area contributed by atoms with Gasteiger partial charge in [0.05, 0.1) is 35.8 Å². The van der Waals surface area contributed by atoms with E-state index in [1.165, 1.54) is 0 Å². The van der Waals surface area contributed by atoms with Crippen LogP contribution < -0.4 is 9.80 Å². The SMILES string of the molecule is C=CCN(C(=O)C1N([C@@H](CO)[C@@H](C)CC)C(=O)[C@@H]2[C@H](C(=O)OCC)[C@@H]3CC(C)C12S3)c1ccc(N(CC)CC)cc1. The molecule has 3 aliphatic heterocycles. The summed E-state index contributed by atoms with van der Waals surface area (Å²) in [4.78, 5) is 48.2. The molecule has 9 heteroatoms. The number of esters is 1. The van der Waals surface area contributed by atoms with Gasteiger partial charge in [-0.05, 0) is 63.3 Å². The van der Waals surface area contributed by atoms with Crippen molar-refractivity contribution in [2.45, 2.75) is 76.5 Å². The topological polar surface area (TPSA) is 90.4 Å². The van der Waals surface area contributed by atoms with E-state index in [9.17, 15) is 19.5 Å². The summed E-state index contributed by atoms with van der Waals surface area (Å²) in [5.74, 6) is -2.02. The number of aliphatic hydroxyl groups is 1. The highest BCUT2D eigenvalue weighted by molar-refractivity contribution is 8.02. The molecule has 226 valence electrons. The van der Waals surface area contributed by atoms with E-state index in [1.807, 2.05) is 38.1 Å². The summed E-state index contributed by atoms with van der Waals surface area (Å²) in [5, 5.41) is 10.5. The van der Waals surface area contributed by atoms with E-state index in [2.05, 4.69) is 32.3 Å². The Hall–Kier alpha value is -2.52. The molecule has 0 aliphatic carbocycles. The first-order valence-electron chi connectivity index (χ1n) is 15.2. The third kappa shape index (κ3) is 5.07. The highest BCUT2D eigenvalue weighted by Crippen LogP contribution is 2.69. The van der Waals surface area contributed by atoms with Gasteiger partial charge >= 0.3 is 5.97 Å². The van der Waals surface area contributed by atoms with Gasteiger partial charge in [-0.15, -0.1) is 18.3 Å². The number of carbonyl (C=O) groups is 3. The lowest BCUT2D eigenvalue weighted by Gasteiger charge is -2.43. The largest absolute Gasteiger partial charge is 0.466 e. The summed E-state index contributed by atoms with van der Waals surface area (Å²) in [7, 11) is 0. The number of ether oxygens (including phenoxy) is 1. The van der Waals surface area contributed by atoms with Crippen molar-refractivity contribution in [3.05, 3.63) is 36.9 Å². The second kappa shape index (κ2) is 12.8. The molecular formula is C32H47N3O5S. The summed E-state index contributed by atoms with van der Waals surface area (Å²) in [6.07, 6.45) is 3.18. The second-order valence-electron chi connectivity index (χ2n) is 11.6. The van der Waals surface area contributed by atoms with E-state index in [-0.39, 0.29) is 54.6 Å². The predicted molar refractivity (Wildman–Crippen MR) is 165 cm³/mol. The number of likely N-dealkylation sites (tertiary alicyclic amines) is 1. The molecular weight excluding hydrogens is 538 g/mol. The fourth-order valence-corrected chi connectivity index (χ4v) is 9.84. The highest BCUT2D eigenvalue weighted by Gasteiger charge is 2.77. The second-order valence-corrected chi connectivity index (χ2v) is 13.2. The maximum absolute atomic E-state index is 14.9. The molecule has 8 atom stereocenters. The Morgan fingerprint density at radius 2 is 1.83 bits per heavy atom. The molecule has 1 aromatic carbocycles. The monoisotopic (exact) mass is 585 g/mol. The summed E-state index contributed by atoms with van der Waals surface area (Å²) in [6, 6.07) is 6.59. The lowest BCUT2D eigenvalue weighted by molar-refractivity contribution is -0.154. The van der Waals surface area contributed by atoms with E-state index < -0.39 is 28.7 Å². The maximum atomic E-state index is 14.9. The van der Waals surface area contributed by atoms with Gasteiger partial charge in [0.2, 0.25) is 5.91 Å². The normalized spacial score (nSPS) is 29.7. The van der Waals surface area contributed by atoms with E-state index in [0.29, 0.717) is 0 Å². The molecule has 1 N–H and O–H groups in total. The predicted octanol–water partition coefficient (Wildman–Crippen LogP) is 4.36. The van der Waals surface area contributed by atoms with Crippen LogP contribution in [0.1, 0.15) is 54.4 Å². The van der Waals surface area contributed by atoms with Crippen molar-refractivity contribution in [3.8, 4) is 0 Å². The summed E-state index contributed by atoms with van der Waals surface area (Å²) < 4.78 is 4.69. The van der Waals surface area contributed by atoms with Gasteiger partial charge in [0.1, 0.15) is 6.04 Å². The lowest BCUT2D eigenvalue weighted by Crippen LogP contribution is -2.60. The number of rotatable bonds is 13. The van der Waals surface area contributed by atoms with Crippen LogP contribution in [0.2, 0.25) is 0 Å². The van der Waals surface area contributed by atoms with Crippen LogP contribution in [0.15, 0.2) is 36.9 Å². The van der Waals surface area contributed by atoms with Crippen LogP contribution in [0.5, 0.6) is 0 Å². The van der Waals surface area contributed by atoms with Crippen LogP contribution >= 0.6 is 11.8 Å². The molecule has 3 unspecified atom stereocenters. The average Bonchev–Trinajstić information content (AvgIpc) is 3.57. The van der Waals surface area contributed by atoms with Crippen molar-refractivity contribution >= 4 is 40.9 Å². The molecule has 3 aliphatic rings. The van der Waals surface area contributed by atoms with Gasteiger partial charge in [-0.3, -0.25) is 14.4 Å². The molecule has 3 saturated heterocycles. The van der Waals surface area contributed by atoms with Crippen molar-refractivity contribution in [2.75, 3.05) is 42.6 Å². The zero-order chi connectivity index (χ0) is 30.1. The number of hydrogen-bond donors (Lipinski definition) is 1. The summed E-state index contributed by atoms with van der Waals surface area (Å²) in [6.45, 7) is 18.1. The van der Waals surface area contributed by atoms with Gasteiger partial charge in [-0.2, -0.15) is 0 Å². The molecule has 0 saturated carbocycles. The van der Waals surface area contributed by atoms with Gasteiger partial charge in [-0.1, -0.05) is 33.3 Å². The minimum Gasteiger partial charge on any atom is -0.466 e. The molecule has 0 aromatic heterocycles. The molecule has 0 radical (unpaired) electrons. The molecule has 2 amide bonds. The number of nitrogens with zero attached hydrogens (tertiary/aromatic N) is 3. The van der Waals surface area contributed by atoms with Crippen LogP contribution in [0.4, 0.5) is 11.4 Å². The molecule has 3 fully saturated rings.